The molecule has 0 atom stereocenters. The van der Waals surface area contributed by atoms with Crippen molar-refractivity contribution in [1.82, 2.24) is 10.5 Å². The monoisotopic (exact) mass is 340 g/mol. The highest BCUT2D eigenvalue weighted by Gasteiger charge is 2.25. The number of aryl methyl sites for hydroxylation is 1. The maximum atomic E-state index is 14.0. The average Bonchev–Trinajstić information content (AvgIpc) is 2.85. The average molecular weight is 341 g/mol. The first kappa shape index (κ1) is 17.0. The molecule has 1 aromatic heterocycles. The number of hydrogen-bond acceptors (Lipinski definition) is 4. The highest BCUT2D eigenvalue weighted by Crippen LogP contribution is 2.33. The van der Waals surface area contributed by atoms with Crippen molar-refractivity contribution in [3.05, 3.63) is 40.4 Å². The normalized spacial score (nSPS) is 10.6. The third-order valence-corrected chi connectivity index (χ3v) is 3.46. The van der Waals surface area contributed by atoms with Gasteiger partial charge in [-0.25, -0.2) is 4.39 Å². The Morgan fingerprint density at radius 3 is 2.83 bits per heavy atom. The van der Waals surface area contributed by atoms with Crippen molar-refractivity contribution >= 4 is 23.5 Å². The van der Waals surface area contributed by atoms with Gasteiger partial charge in [0.15, 0.2) is 0 Å². The van der Waals surface area contributed by atoms with E-state index in [2.05, 4.69) is 10.5 Å². The van der Waals surface area contributed by atoms with E-state index in [4.69, 9.17) is 21.2 Å². The fourth-order valence-corrected chi connectivity index (χ4v) is 2.32. The fraction of sp³-hybridized carbons (Fsp3) is 0.267. The van der Waals surface area contributed by atoms with Crippen molar-refractivity contribution in [3.63, 3.8) is 0 Å². The molecule has 1 aromatic carbocycles. The molecule has 1 amide bonds. The number of benzene rings is 1. The highest BCUT2D eigenvalue weighted by molar-refractivity contribution is 6.33. The van der Waals surface area contributed by atoms with E-state index in [9.17, 15) is 14.0 Å². The minimum atomic E-state index is -0.945. The molecule has 1 heterocycles. The standard InChI is InChI=1S/C15H14ClFN2O4/c1-8-12(15(22)18-7-3-6-11(20)21)14(19-23-8)13-9(16)4-2-5-10(13)17/h2,4-5H,3,6-7H2,1H3,(H,18,22)(H,20,21). The van der Waals surface area contributed by atoms with Crippen molar-refractivity contribution in [2.45, 2.75) is 19.8 Å². The van der Waals surface area contributed by atoms with Gasteiger partial charge in [0, 0.05) is 13.0 Å². The van der Waals surface area contributed by atoms with Gasteiger partial charge < -0.3 is 14.9 Å². The van der Waals surface area contributed by atoms with Gasteiger partial charge in [-0.05, 0) is 25.5 Å². The van der Waals surface area contributed by atoms with Crippen LogP contribution in [0.25, 0.3) is 11.3 Å². The first-order valence-electron chi connectivity index (χ1n) is 6.82. The summed E-state index contributed by atoms with van der Waals surface area (Å²) in [6, 6.07) is 4.14. The van der Waals surface area contributed by atoms with Crippen LogP contribution in [0, 0.1) is 12.7 Å². The summed E-state index contributed by atoms with van der Waals surface area (Å²) in [5.41, 5.74) is 0.0790. The molecule has 0 spiro atoms. The number of hydrogen-bond donors (Lipinski definition) is 2. The predicted octanol–water partition coefficient (Wildman–Crippen LogP) is 3.04. The van der Waals surface area contributed by atoms with E-state index in [-0.39, 0.29) is 47.0 Å². The van der Waals surface area contributed by atoms with Crippen LogP contribution in [0.3, 0.4) is 0 Å². The number of nitrogens with one attached hydrogen (secondary N) is 1. The third kappa shape index (κ3) is 3.87. The maximum Gasteiger partial charge on any atom is 0.303 e. The summed E-state index contributed by atoms with van der Waals surface area (Å²) >= 11 is 5.99. The molecule has 23 heavy (non-hydrogen) atoms. The molecular formula is C15H14ClFN2O4. The minimum Gasteiger partial charge on any atom is -0.481 e. The Hall–Kier alpha value is -2.41. The molecule has 0 saturated carbocycles. The number of aliphatic carboxylic acids is 1. The largest absolute Gasteiger partial charge is 0.481 e. The molecule has 0 aliphatic rings. The Bertz CT molecular complexity index is 725. The maximum absolute atomic E-state index is 14.0. The summed E-state index contributed by atoms with van der Waals surface area (Å²) in [4.78, 5) is 22.7. The molecular weight excluding hydrogens is 327 g/mol. The summed E-state index contributed by atoms with van der Waals surface area (Å²) in [5.74, 6) is -1.87. The van der Waals surface area contributed by atoms with Gasteiger partial charge >= 0.3 is 5.97 Å². The van der Waals surface area contributed by atoms with Crippen LogP contribution in [-0.2, 0) is 4.79 Å². The fourth-order valence-electron chi connectivity index (χ4n) is 2.06. The second-order valence-electron chi connectivity index (χ2n) is 4.81. The zero-order valence-electron chi connectivity index (χ0n) is 12.2. The second kappa shape index (κ2) is 7.23. The lowest BCUT2D eigenvalue weighted by atomic mass is 10.0. The summed E-state index contributed by atoms with van der Waals surface area (Å²) in [6.45, 7) is 1.69. The highest BCUT2D eigenvalue weighted by atomic mass is 35.5. The van der Waals surface area contributed by atoms with Gasteiger partial charge in [0.05, 0.1) is 10.6 Å². The Morgan fingerprint density at radius 2 is 2.17 bits per heavy atom. The number of carboxylic acids is 1. The lowest BCUT2D eigenvalue weighted by Gasteiger charge is -2.07. The van der Waals surface area contributed by atoms with Gasteiger partial charge in [0.1, 0.15) is 22.8 Å². The first-order chi connectivity index (χ1) is 10.9. The Morgan fingerprint density at radius 1 is 1.43 bits per heavy atom. The van der Waals surface area contributed by atoms with Gasteiger partial charge in [-0.15, -0.1) is 0 Å². The Kier molecular flexibility index (Phi) is 5.33. The van der Waals surface area contributed by atoms with Gasteiger partial charge in [-0.1, -0.05) is 22.8 Å². The molecule has 2 N–H and O–H groups in total. The van der Waals surface area contributed by atoms with Gasteiger partial charge in [0.2, 0.25) is 0 Å². The van der Waals surface area contributed by atoms with Gasteiger partial charge in [-0.2, -0.15) is 0 Å². The molecule has 0 bridgehead atoms. The van der Waals surface area contributed by atoms with Crippen molar-refractivity contribution in [3.8, 4) is 11.3 Å². The molecule has 0 saturated heterocycles. The molecule has 0 aliphatic carbocycles. The smallest absolute Gasteiger partial charge is 0.303 e. The van der Waals surface area contributed by atoms with E-state index in [1.54, 1.807) is 0 Å². The molecule has 122 valence electrons. The summed E-state index contributed by atoms with van der Waals surface area (Å²) in [6.07, 6.45) is 0.218. The number of halogens is 2. The van der Waals surface area contributed by atoms with Crippen LogP contribution in [0.2, 0.25) is 5.02 Å². The van der Waals surface area contributed by atoms with E-state index >= 15 is 0 Å². The van der Waals surface area contributed by atoms with Crippen molar-refractivity contribution in [2.24, 2.45) is 0 Å². The Labute approximate surface area is 136 Å². The van der Waals surface area contributed by atoms with E-state index < -0.39 is 17.7 Å². The van der Waals surface area contributed by atoms with Gasteiger partial charge in [-0.3, -0.25) is 9.59 Å². The molecule has 2 aromatic rings. The molecule has 0 unspecified atom stereocenters. The van der Waals surface area contributed by atoms with E-state index in [1.807, 2.05) is 0 Å². The number of carbonyl (C=O) groups is 2. The number of nitrogens with zero attached hydrogens (tertiary/aromatic N) is 1. The lowest BCUT2D eigenvalue weighted by Crippen LogP contribution is -2.25. The third-order valence-electron chi connectivity index (χ3n) is 3.14. The second-order valence-corrected chi connectivity index (χ2v) is 5.22. The summed E-state index contributed by atoms with van der Waals surface area (Å²) in [5, 5.41) is 15.0. The van der Waals surface area contributed by atoms with Crippen LogP contribution in [-0.4, -0.2) is 28.7 Å². The van der Waals surface area contributed by atoms with Crippen LogP contribution in [0.5, 0.6) is 0 Å². The minimum absolute atomic E-state index is 0.0123. The van der Waals surface area contributed by atoms with Crippen LogP contribution in [0.15, 0.2) is 22.7 Å². The van der Waals surface area contributed by atoms with Crippen molar-refractivity contribution in [1.29, 1.82) is 0 Å². The predicted molar refractivity (Wildman–Crippen MR) is 80.8 cm³/mol. The molecule has 0 aliphatic heterocycles. The number of amides is 1. The molecule has 0 radical (unpaired) electrons. The topological polar surface area (TPSA) is 92.4 Å². The first-order valence-corrected chi connectivity index (χ1v) is 7.20. The molecule has 0 fully saturated rings. The summed E-state index contributed by atoms with van der Waals surface area (Å²) < 4.78 is 19.0. The lowest BCUT2D eigenvalue weighted by molar-refractivity contribution is -0.137. The van der Waals surface area contributed by atoms with Crippen LogP contribution in [0.4, 0.5) is 4.39 Å². The Balaban J connectivity index is 2.25. The number of carboxylic acid groups (broad SMARTS) is 1. The van der Waals surface area contributed by atoms with E-state index in [0.29, 0.717) is 0 Å². The quantitative estimate of drug-likeness (QED) is 0.788. The molecule has 8 heteroatoms. The zero-order chi connectivity index (χ0) is 17.0. The number of carbonyl (C=O) groups excluding carboxylic acids is 1. The molecule has 6 nitrogen and oxygen atoms in total. The zero-order valence-corrected chi connectivity index (χ0v) is 13.0. The van der Waals surface area contributed by atoms with Crippen LogP contribution < -0.4 is 5.32 Å². The van der Waals surface area contributed by atoms with Crippen molar-refractivity contribution in [2.75, 3.05) is 6.54 Å². The van der Waals surface area contributed by atoms with Crippen LogP contribution in [0.1, 0.15) is 29.0 Å². The van der Waals surface area contributed by atoms with Gasteiger partial charge in [0.25, 0.3) is 5.91 Å². The SMILES string of the molecule is Cc1onc(-c2c(F)cccc2Cl)c1C(=O)NCCCC(=O)O. The van der Waals surface area contributed by atoms with Crippen molar-refractivity contribution < 1.29 is 23.6 Å². The summed E-state index contributed by atoms with van der Waals surface area (Å²) in [7, 11) is 0. The van der Waals surface area contributed by atoms with Crippen LogP contribution >= 0.6 is 11.6 Å². The number of aromatic nitrogens is 1. The van der Waals surface area contributed by atoms with E-state index in [1.165, 1.54) is 25.1 Å². The molecule has 2 rings (SSSR count). The number of rotatable bonds is 6. The van der Waals surface area contributed by atoms with E-state index in [0.717, 1.165) is 0 Å².